The fraction of sp³-hybridized carbons (Fsp3) is 0.250. The van der Waals surface area contributed by atoms with E-state index in [-0.39, 0.29) is 12.5 Å². The Kier molecular flexibility index (Phi) is 4.77. The highest BCUT2D eigenvalue weighted by atomic mass is 16.5. The maximum absolute atomic E-state index is 11.7. The summed E-state index contributed by atoms with van der Waals surface area (Å²) in [6.07, 6.45) is 1.56. The Bertz CT molecular complexity index is 646. The number of hydrogen-bond acceptors (Lipinski definition) is 4. The minimum atomic E-state index is -0.319. The third kappa shape index (κ3) is 4.21. The fourth-order valence-electron chi connectivity index (χ4n) is 1.82. The van der Waals surface area contributed by atoms with E-state index in [9.17, 15) is 4.79 Å². The maximum Gasteiger partial charge on any atom is 0.277 e. The Morgan fingerprint density at radius 3 is 2.81 bits per heavy atom. The van der Waals surface area contributed by atoms with E-state index in [2.05, 4.69) is 10.5 Å². The quantitative estimate of drug-likeness (QED) is 0.679. The average Bonchev–Trinajstić information content (AvgIpc) is 2.98. The lowest BCUT2D eigenvalue weighted by Crippen LogP contribution is -2.25. The maximum atomic E-state index is 11.7. The van der Waals surface area contributed by atoms with Crippen LogP contribution in [0.25, 0.3) is 0 Å². The van der Waals surface area contributed by atoms with Crippen molar-refractivity contribution in [1.29, 1.82) is 0 Å². The summed E-state index contributed by atoms with van der Waals surface area (Å²) in [7, 11) is 0. The topological polar surface area (TPSA) is 63.8 Å². The monoisotopic (exact) mass is 286 g/mol. The van der Waals surface area contributed by atoms with Crippen LogP contribution >= 0.6 is 0 Å². The van der Waals surface area contributed by atoms with Gasteiger partial charge in [-0.1, -0.05) is 17.7 Å². The molecule has 0 spiro atoms. The van der Waals surface area contributed by atoms with Crippen molar-refractivity contribution in [3.05, 3.63) is 53.5 Å². The van der Waals surface area contributed by atoms with E-state index in [1.807, 2.05) is 32.0 Å². The molecule has 0 radical (unpaired) electrons. The Morgan fingerprint density at radius 2 is 2.14 bits per heavy atom. The molecule has 1 aromatic heterocycles. The second-order valence-electron chi connectivity index (χ2n) is 4.77. The highest BCUT2D eigenvalue weighted by Crippen LogP contribution is 2.18. The van der Waals surface area contributed by atoms with E-state index in [0.29, 0.717) is 17.2 Å². The molecule has 0 fully saturated rings. The number of hydrazone groups is 1. The van der Waals surface area contributed by atoms with Crippen molar-refractivity contribution in [3.8, 4) is 5.75 Å². The first kappa shape index (κ1) is 14.8. The van der Waals surface area contributed by atoms with E-state index in [1.54, 1.807) is 25.3 Å². The molecular weight excluding hydrogens is 268 g/mol. The zero-order valence-electron chi connectivity index (χ0n) is 12.3. The Balaban J connectivity index is 1.86. The fourth-order valence-corrected chi connectivity index (χ4v) is 1.82. The smallest absolute Gasteiger partial charge is 0.277 e. The zero-order chi connectivity index (χ0) is 15.2. The van der Waals surface area contributed by atoms with Crippen LogP contribution in [0.1, 0.15) is 23.8 Å². The lowest BCUT2D eigenvalue weighted by atomic mass is 10.1. The van der Waals surface area contributed by atoms with Gasteiger partial charge in [-0.05, 0) is 44.5 Å². The SMILES string of the molecule is C/C(=N/NC(=O)COc1ccc(C)cc1C)c1ccco1. The molecule has 2 rings (SSSR count). The van der Waals surface area contributed by atoms with E-state index in [1.165, 1.54) is 0 Å². The molecular formula is C16H18N2O3. The van der Waals surface area contributed by atoms with Gasteiger partial charge in [-0.3, -0.25) is 4.79 Å². The average molecular weight is 286 g/mol. The van der Waals surface area contributed by atoms with Crippen LogP contribution in [0.4, 0.5) is 0 Å². The van der Waals surface area contributed by atoms with Gasteiger partial charge in [0.2, 0.25) is 0 Å². The van der Waals surface area contributed by atoms with Gasteiger partial charge < -0.3 is 9.15 Å². The summed E-state index contributed by atoms with van der Waals surface area (Å²) in [5.41, 5.74) is 5.19. The van der Waals surface area contributed by atoms with Crippen molar-refractivity contribution in [2.45, 2.75) is 20.8 Å². The zero-order valence-corrected chi connectivity index (χ0v) is 12.3. The highest BCUT2D eigenvalue weighted by molar-refractivity contribution is 5.96. The number of benzene rings is 1. The van der Waals surface area contributed by atoms with Crippen LogP contribution in [-0.4, -0.2) is 18.2 Å². The molecule has 0 bridgehead atoms. The Labute approximate surface area is 123 Å². The lowest BCUT2D eigenvalue weighted by molar-refractivity contribution is -0.123. The normalized spacial score (nSPS) is 11.3. The van der Waals surface area contributed by atoms with E-state index < -0.39 is 0 Å². The predicted molar refractivity (Wildman–Crippen MR) is 80.5 cm³/mol. The molecule has 21 heavy (non-hydrogen) atoms. The summed E-state index contributed by atoms with van der Waals surface area (Å²) in [5, 5.41) is 3.96. The molecule has 5 nitrogen and oxygen atoms in total. The first-order valence-corrected chi connectivity index (χ1v) is 6.63. The Morgan fingerprint density at radius 1 is 1.33 bits per heavy atom. The van der Waals surface area contributed by atoms with Crippen molar-refractivity contribution < 1.29 is 13.9 Å². The van der Waals surface area contributed by atoms with Crippen LogP contribution in [0.5, 0.6) is 5.75 Å². The molecule has 5 heteroatoms. The molecule has 0 aliphatic heterocycles. The number of carbonyl (C=O) groups excluding carboxylic acids is 1. The molecule has 0 aliphatic rings. The van der Waals surface area contributed by atoms with Crippen LogP contribution in [0, 0.1) is 13.8 Å². The van der Waals surface area contributed by atoms with Gasteiger partial charge in [0, 0.05) is 0 Å². The van der Waals surface area contributed by atoms with Gasteiger partial charge in [-0.15, -0.1) is 0 Å². The number of hydrogen-bond donors (Lipinski definition) is 1. The minimum Gasteiger partial charge on any atom is -0.483 e. The second-order valence-corrected chi connectivity index (χ2v) is 4.77. The van der Waals surface area contributed by atoms with Crippen molar-refractivity contribution in [3.63, 3.8) is 0 Å². The Hall–Kier alpha value is -2.56. The molecule has 1 aromatic carbocycles. The number of rotatable bonds is 5. The van der Waals surface area contributed by atoms with Gasteiger partial charge in [-0.2, -0.15) is 5.10 Å². The summed E-state index contributed by atoms with van der Waals surface area (Å²) in [6, 6.07) is 9.35. The van der Waals surface area contributed by atoms with Gasteiger partial charge in [0.25, 0.3) is 5.91 Å². The van der Waals surface area contributed by atoms with Gasteiger partial charge in [0.1, 0.15) is 17.2 Å². The second kappa shape index (κ2) is 6.74. The van der Waals surface area contributed by atoms with Crippen molar-refractivity contribution in [2.75, 3.05) is 6.61 Å². The van der Waals surface area contributed by atoms with Gasteiger partial charge in [-0.25, -0.2) is 5.43 Å². The van der Waals surface area contributed by atoms with Crippen LogP contribution in [-0.2, 0) is 4.79 Å². The molecule has 1 N–H and O–H groups in total. The number of carbonyl (C=O) groups is 1. The number of amides is 1. The summed E-state index contributed by atoms with van der Waals surface area (Å²) in [6.45, 7) is 5.62. The summed E-state index contributed by atoms with van der Waals surface area (Å²) in [5.74, 6) is 0.994. The standard InChI is InChI=1S/C16H18N2O3/c1-11-6-7-14(12(2)9-11)21-10-16(19)18-17-13(3)15-5-4-8-20-15/h4-9H,10H2,1-3H3,(H,18,19)/b17-13-. The van der Waals surface area contributed by atoms with Gasteiger partial charge in [0.15, 0.2) is 6.61 Å². The predicted octanol–water partition coefficient (Wildman–Crippen LogP) is 2.82. The van der Waals surface area contributed by atoms with E-state index in [0.717, 1.165) is 11.1 Å². The largest absolute Gasteiger partial charge is 0.483 e. The molecule has 2 aromatic rings. The van der Waals surface area contributed by atoms with Gasteiger partial charge in [0.05, 0.1) is 6.26 Å². The molecule has 110 valence electrons. The van der Waals surface area contributed by atoms with Crippen molar-refractivity contribution in [2.24, 2.45) is 5.10 Å². The van der Waals surface area contributed by atoms with E-state index in [4.69, 9.17) is 9.15 Å². The number of furan rings is 1. The van der Waals surface area contributed by atoms with Crippen molar-refractivity contribution in [1.82, 2.24) is 5.43 Å². The summed E-state index contributed by atoms with van der Waals surface area (Å²) in [4.78, 5) is 11.7. The first-order chi connectivity index (χ1) is 10.1. The van der Waals surface area contributed by atoms with Gasteiger partial charge >= 0.3 is 0 Å². The third-order valence-electron chi connectivity index (χ3n) is 2.92. The van der Waals surface area contributed by atoms with Crippen LogP contribution in [0.3, 0.4) is 0 Å². The third-order valence-corrected chi connectivity index (χ3v) is 2.92. The number of nitrogens with one attached hydrogen (secondary N) is 1. The molecule has 0 atom stereocenters. The number of aryl methyl sites for hydroxylation is 2. The molecule has 1 amide bonds. The summed E-state index contributed by atoms with van der Waals surface area (Å²) >= 11 is 0. The summed E-state index contributed by atoms with van der Waals surface area (Å²) < 4.78 is 10.6. The number of nitrogens with zero attached hydrogens (tertiary/aromatic N) is 1. The minimum absolute atomic E-state index is 0.0845. The molecule has 0 unspecified atom stereocenters. The van der Waals surface area contributed by atoms with E-state index >= 15 is 0 Å². The lowest BCUT2D eigenvalue weighted by Gasteiger charge is -2.08. The molecule has 0 aliphatic carbocycles. The highest BCUT2D eigenvalue weighted by Gasteiger charge is 2.05. The van der Waals surface area contributed by atoms with Crippen LogP contribution in [0.15, 0.2) is 46.1 Å². The van der Waals surface area contributed by atoms with Crippen LogP contribution in [0.2, 0.25) is 0 Å². The molecule has 1 heterocycles. The van der Waals surface area contributed by atoms with Crippen LogP contribution < -0.4 is 10.2 Å². The van der Waals surface area contributed by atoms with Crippen molar-refractivity contribution >= 4 is 11.6 Å². The first-order valence-electron chi connectivity index (χ1n) is 6.63. The molecule has 0 saturated carbocycles. The number of ether oxygens (including phenoxy) is 1. The molecule has 0 saturated heterocycles.